The molecule has 4 nitrogen and oxygen atoms in total. The number of amides is 1. The zero-order valence-corrected chi connectivity index (χ0v) is 10.3. The van der Waals surface area contributed by atoms with Crippen LogP contribution < -0.4 is 11.1 Å². The average Bonchev–Trinajstić information content (AvgIpc) is 2.42. The third-order valence-corrected chi connectivity index (χ3v) is 2.61. The molecule has 1 amide bonds. The maximum absolute atomic E-state index is 12.7. The fourth-order valence-electron chi connectivity index (χ4n) is 1.59. The molecule has 1 heterocycles. The molecule has 5 heteroatoms. The summed E-state index contributed by atoms with van der Waals surface area (Å²) in [5.74, 6) is -0.0351. The number of benzene rings is 1. The molecule has 98 valence electrons. The lowest BCUT2D eigenvalue weighted by Crippen LogP contribution is -2.15. The number of carbonyl (C=O) groups excluding carboxylic acids is 1. The van der Waals surface area contributed by atoms with Gasteiger partial charge in [0.25, 0.3) is 0 Å². The highest BCUT2D eigenvalue weighted by molar-refractivity contribution is 5.91. The average molecular weight is 259 g/mol. The van der Waals surface area contributed by atoms with Crippen molar-refractivity contribution in [1.29, 1.82) is 0 Å². The van der Waals surface area contributed by atoms with Gasteiger partial charge in [0.1, 0.15) is 11.6 Å². The van der Waals surface area contributed by atoms with Crippen molar-refractivity contribution in [2.24, 2.45) is 5.73 Å². The van der Waals surface area contributed by atoms with Crippen LogP contribution >= 0.6 is 0 Å². The molecular formula is C14H14FN3O. The number of halogens is 1. The molecule has 1 aromatic heterocycles. The Hall–Kier alpha value is -2.27. The van der Waals surface area contributed by atoms with Crippen LogP contribution in [-0.4, -0.2) is 10.9 Å². The quantitative estimate of drug-likeness (QED) is 0.880. The van der Waals surface area contributed by atoms with Crippen LogP contribution in [0.15, 0.2) is 42.6 Å². The second kappa shape index (κ2) is 6.06. The largest absolute Gasteiger partial charge is 0.326 e. The van der Waals surface area contributed by atoms with Gasteiger partial charge < -0.3 is 11.1 Å². The fourth-order valence-corrected chi connectivity index (χ4v) is 1.59. The van der Waals surface area contributed by atoms with Gasteiger partial charge in [-0.3, -0.25) is 4.79 Å². The van der Waals surface area contributed by atoms with Crippen LogP contribution in [0.3, 0.4) is 0 Å². The lowest BCUT2D eigenvalue weighted by Gasteiger charge is -2.05. The van der Waals surface area contributed by atoms with Gasteiger partial charge in [0.15, 0.2) is 0 Å². The lowest BCUT2D eigenvalue weighted by molar-refractivity contribution is -0.115. The highest BCUT2D eigenvalue weighted by Gasteiger charge is 2.05. The molecule has 0 bridgehead atoms. The van der Waals surface area contributed by atoms with Gasteiger partial charge in [-0.25, -0.2) is 9.37 Å². The number of carbonyl (C=O) groups is 1. The highest BCUT2D eigenvalue weighted by atomic mass is 19.1. The summed E-state index contributed by atoms with van der Waals surface area (Å²) in [7, 11) is 0. The second-order valence-electron chi connectivity index (χ2n) is 4.11. The molecule has 19 heavy (non-hydrogen) atoms. The van der Waals surface area contributed by atoms with Crippen molar-refractivity contribution in [2.75, 3.05) is 5.32 Å². The van der Waals surface area contributed by atoms with E-state index in [1.165, 1.54) is 12.1 Å². The minimum absolute atomic E-state index is 0.181. The van der Waals surface area contributed by atoms with Gasteiger partial charge in [0, 0.05) is 12.7 Å². The highest BCUT2D eigenvalue weighted by Crippen LogP contribution is 2.07. The zero-order valence-electron chi connectivity index (χ0n) is 10.3. The van der Waals surface area contributed by atoms with Gasteiger partial charge in [-0.15, -0.1) is 0 Å². The van der Waals surface area contributed by atoms with E-state index in [0.717, 1.165) is 11.1 Å². The predicted molar refractivity (Wildman–Crippen MR) is 70.9 cm³/mol. The van der Waals surface area contributed by atoms with Crippen LogP contribution in [0.5, 0.6) is 0 Å². The first-order valence-electron chi connectivity index (χ1n) is 5.86. The Bertz CT molecular complexity index is 552. The van der Waals surface area contributed by atoms with E-state index in [0.29, 0.717) is 12.4 Å². The van der Waals surface area contributed by atoms with Crippen LogP contribution in [0.1, 0.15) is 11.1 Å². The zero-order chi connectivity index (χ0) is 13.7. The van der Waals surface area contributed by atoms with E-state index in [1.54, 1.807) is 30.5 Å². The maximum atomic E-state index is 12.7. The van der Waals surface area contributed by atoms with Gasteiger partial charge >= 0.3 is 0 Å². The smallest absolute Gasteiger partial charge is 0.229 e. The summed E-state index contributed by atoms with van der Waals surface area (Å²) in [6.45, 7) is 0.413. The molecule has 0 saturated heterocycles. The van der Waals surface area contributed by atoms with Crippen molar-refractivity contribution in [3.63, 3.8) is 0 Å². The Morgan fingerprint density at radius 3 is 2.42 bits per heavy atom. The molecule has 2 rings (SSSR count). The van der Waals surface area contributed by atoms with E-state index in [1.807, 2.05) is 0 Å². The number of anilines is 1. The molecule has 0 aliphatic rings. The number of nitrogens with two attached hydrogens (primary N) is 1. The molecule has 0 spiro atoms. The SMILES string of the molecule is NCc1ccc(NC(=O)Cc2ccc(F)cc2)nc1. The fraction of sp³-hybridized carbons (Fsp3) is 0.143. The van der Waals surface area contributed by atoms with E-state index in [2.05, 4.69) is 10.3 Å². The summed E-state index contributed by atoms with van der Waals surface area (Å²) in [6, 6.07) is 9.33. The van der Waals surface area contributed by atoms with Crippen LogP contribution in [0.25, 0.3) is 0 Å². The maximum Gasteiger partial charge on any atom is 0.229 e. The number of hydrogen-bond donors (Lipinski definition) is 2. The van der Waals surface area contributed by atoms with Gasteiger partial charge in [0.05, 0.1) is 6.42 Å². The third-order valence-electron chi connectivity index (χ3n) is 2.61. The molecule has 0 aliphatic carbocycles. The van der Waals surface area contributed by atoms with Crippen molar-refractivity contribution < 1.29 is 9.18 Å². The summed E-state index contributed by atoms with van der Waals surface area (Å²) in [6.07, 6.45) is 1.80. The van der Waals surface area contributed by atoms with Crippen molar-refractivity contribution in [2.45, 2.75) is 13.0 Å². The van der Waals surface area contributed by atoms with Crippen molar-refractivity contribution in [3.8, 4) is 0 Å². The molecule has 0 radical (unpaired) electrons. The van der Waals surface area contributed by atoms with E-state index < -0.39 is 0 Å². The van der Waals surface area contributed by atoms with Gasteiger partial charge in [-0.05, 0) is 29.3 Å². The normalized spacial score (nSPS) is 10.2. The monoisotopic (exact) mass is 259 g/mol. The van der Waals surface area contributed by atoms with Gasteiger partial charge in [0.2, 0.25) is 5.91 Å². The van der Waals surface area contributed by atoms with Crippen molar-refractivity contribution in [3.05, 3.63) is 59.5 Å². The summed E-state index contributed by atoms with van der Waals surface area (Å²) < 4.78 is 12.7. The number of nitrogens with one attached hydrogen (secondary N) is 1. The standard InChI is InChI=1S/C14H14FN3O/c15-12-4-1-10(2-5-12)7-14(19)18-13-6-3-11(8-16)9-17-13/h1-6,9H,7-8,16H2,(H,17,18,19). The summed E-state index contributed by atoms with van der Waals surface area (Å²) >= 11 is 0. The second-order valence-corrected chi connectivity index (χ2v) is 4.11. The number of pyridine rings is 1. The Balaban J connectivity index is 1.95. The molecule has 2 aromatic rings. The van der Waals surface area contributed by atoms with Crippen molar-refractivity contribution >= 4 is 11.7 Å². The number of hydrogen-bond acceptors (Lipinski definition) is 3. The minimum atomic E-state index is -0.316. The molecule has 0 fully saturated rings. The molecule has 1 aromatic carbocycles. The predicted octanol–water partition coefficient (Wildman–Crippen LogP) is 1.86. The Kier molecular flexibility index (Phi) is 4.20. The summed E-state index contributed by atoms with van der Waals surface area (Å²) in [5.41, 5.74) is 7.10. The number of rotatable bonds is 4. The third kappa shape index (κ3) is 3.86. The first kappa shape index (κ1) is 13.2. The number of aromatic nitrogens is 1. The van der Waals surface area contributed by atoms with Crippen LogP contribution in [0.4, 0.5) is 10.2 Å². The van der Waals surface area contributed by atoms with E-state index in [9.17, 15) is 9.18 Å². The molecule has 0 aliphatic heterocycles. The minimum Gasteiger partial charge on any atom is -0.326 e. The van der Waals surface area contributed by atoms with E-state index in [-0.39, 0.29) is 18.1 Å². The van der Waals surface area contributed by atoms with Gasteiger partial charge in [-0.1, -0.05) is 18.2 Å². The Labute approximate surface area is 110 Å². The summed E-state index contributed by atoms with van der Waals surface area (Å²) in [4.78, 5) is 15.8. The van der Waals surface area contributed by atoms with Crippen LogP contribution in [-0.2, 0) is 17.8 Å². The molecule has 0 atom stereocenters. The van der Waals surface area contributed by atoms with E-state index in [4.69, 9.17) is 5.73 Å². The molecule has 3 N–H and O–H groups in total. The number of nitrogens with zero attached hydrogens (tertiary/aromatic N) is 1. The van der Waals surface area contributed by atoms with Gasteiger partial charge in [-0.2, -0.15) is 0 Å². The molecule has 0 unspecified atom stereocenters. The topological polar surface area (TPSA) is 68.0 Å². The lowest BCUT2D eigenvalue weighted by atomic mass is 10.1. The molecule has 0 saturated carbocycles. The van der Waals surface area contributed by atoms with Crippen molar-refractivity contribution in [1.82, 2.24) is 4.98 Å². The first-order chi connectivity index (χ1) is 9.17. The van der Waals surface area contributed by atoms with Crippen LogP contribution in [0, 0.1) is 5.82 Å². The Morgan fingerprint density at radius 1 is 1.16 bits per heavy atom. The first-order valence-corrected chi connectivity index (χ1v) is 5.86. The summed E-state index contributed by atoms with van der Waals surface area (Å²) in [5, 5.41) is 2.67. The Morgan fingerprint density at radius 2 is 1.84 bits per heavy atom. The van der Waals surface area contributed by atoms with E-state index >= 15 is 0 Å². The molecular weight excluding hydrogens is 245 g/mol. The van der Waals surface area contributed by atoms with Crippen LogP contribution in [0.2, 0.25) is 0 Å².